The Kier molecular flexibility index (Phi) is 12.6. The molecule has 0 aliphatic rings. The second-order valence-corrected chi connectivity index (χ2v) is 14.8. The SMILES string of the molecule is CC[C@@H](C)NC(=O)[C@H](Cc1ccccc1)N(Cc1cccc(Br)c1)C(=O)CN(c1ccc(Cl)c(C(F)(F)F)c1)S(=O)(=O)c1ccc(C)cc1. The number of hydrogen-bond donors (Lipinski definition) is 1. The van der Waals surface area contributed by atoms with Gasteiger partial charge in [-0.15, -0.1) is 0 Å². The number of nitrogens with one attached hydrogen (secondary N) is 1. The van der Waals surface area contributed by atoms with Crippen molar-refractivity contribution in [2.75, 3.05) is 10.8 Å². The molecule has 4 aromatic rings. The fourth-order valence-electron chi connectivity index (χ4n) is 5.08. The lowest BCUT2D eigenvalue weighted by Crippen LogP contribution is -2.54. The van der Waals surface area contributed by atoms with E-state index in [1.54, 1.807) is 55.5 Å². The first-order valence-corrected chi connectivity index (χ1v) is 18.1. The maximum Gasteiger partial charge on any atom is 0.417 e. The molecule has 0 spiro atoms. The number of halogens is 5. The number of benzene rings is 4. The van der Waals surface area contributed by atoms with Crippen molar-refractivity contribution in [2.24, 2.45) is 0 Å². The molecule has 0 aromatic heterocycles. The van der Waals surface area contributed by atoms with Gasteiger partial charge in [0.15, 0.2) is 0 Å². The molecule has 0 fully saturated rings. The van der Waals surface area contributed by atoms with Gasteiger partial charge in [0.1, 0.15) is 12.6 Å². The maximum absolute atomic E-state index is 14.6. The lowest BCUT2D eigenvalue weighted by molar-refractivity contribution is -0.140. The Bertz CT molecular complexity index is 1880. The summed E-state index contributed by atoms with van der Waals surface area (Å²) >= 11 is 9.32. The molecule has 4 rings (SSSR count). The van der Waals surface area contributed by atoms with E-state index in [1.165, 1.54) is 17.0 Å². The van der Waals surface area contributed by atoms with Crippen molar-refractivity contribution < 1.29 is 31.2 Å². The van der Waals surface area contributed by atoms with Crippen molar-refractivity contribution in [2.45, 2.75) is 63.3 Å². The summed E-state index contributed by atoms with van der Waals surface area (Å²) in [6.45, 7) is 4.47. The summed E-state index contributed by atoms with van der Waals surface area (Å²) in [7, 11) is -4.61. The molecule has 13 heteroatoms. The molecule has 0 heterocycles. The Morgan fingerprint density at radius 2 is 1.57 bits per heavy atom. The maximum atomic E-state index is 14.6. The Hall–Kier alpha value is -3.87. The van der Waals surface area contributed by atoms with Crippen molar-refractivity contribution in [3.8, 4) is 0 Å². The number of sulfonamides is 1. The van der Waals surface area contributed by atoms with Crippen LogP contribution in [0.25, 0.3) is 0 Å². The monoisotopic (exact) mass is 777 g/mol. The molecule has 0 bridgehead atoms. The molecule has 0 radical (unpaired) electrons. The number of carbonyl (C=O) groups is 2. The second kappa shape index (κ2) is 16.2. The van der Waals surface area contributed by atoms with E-state index in [0.717, 1.165) is 23.3 Å². The lowest BCUT2D eigenvalue weighted by Gasteiger charge is -2.34. The lowest BCUT2D eigenvalue weighted by atomic mass is 10.0. The highest BCUT2D eigenvalue weighted by Crippen LogP contribution is 2.38. The van der Waals surface area contributed by atoms with Gasteiger partial charge in [-0.2, -0.15) is 13.2 Å². The summed E-state index contributed by atoms with van der Waals surface area (Å²) in [6, 6.07) is 23.2. The molecule has 7 nitrogen and oxygen atoms in total. The van der Waals surface area contributed by atoms with Gasteiger partial charge in [-0.1, -0.05) is 94.6 Å². The molecule has 260 valence electrons. The molecule has 0 aliphatic carbocycles. The summed E-state index contributed by atoms with van der Waals surface area (Å²) in [5.41, 5.74) is 0.455. The molecule has 4 aromatic carbocycles. The molecule has 0 unspecified atom stereocenters. The third-order valence-corrected chi connectivity index (χ3v) is 10.6. The van der Waals surface area contributed by atoms with Crippen LogP contribution in [0.1, 0.15) is 42.5 Å². The van der Waals surface area contributed by atoms with Crippen LogP contribution < -0.4 is 9.62 Å². The van der Waals surface area contributed by atoms with Crippen molar-refractivity contribution >= 4 is 55.1 Å². The van der Waals surface area contributed by atoms with E-state index >= 15 is 0 Å². The topological polar surface area (TPSA) is 86.8 Å². The van der Waals surface area contributed by atoms with Crippen LogP contribution in [0.2, 0.25) is 5.02 Å². The first-order chi connectivity index (χ1) is 23.1. The minimum absolute atomic E-state index is 0.0900. The standard InChI is InChI=1S/C36H36BrClF3N3O4S/c1-4-25(3)42-35(46)33(20-26-9-6-5-7-10-26)43(22-27-11-8-12-28(37)19-27)34(45)23-44(49(47,48)30-16-13-24(2)14-17-30)29-15-18-32(38)31(21-29)36(39,40)41/h5-19,21,25,33H,4,20,22-23H2,1-3H3,(H,42,46)/t25-,33+/m1/s1. The first-order valence-electron chi connectivity index (χ1n) is 15.4. The average molecular weight is 779 g/mol. The van der Waals surface area contributed by atoms with E-state index in [4.69, 9.17) is 11.6 Å². The highest BCUT2D eigenvalue weighted by molar-refractivity contribution is 9.10. The zero-order valence-corrected chi connectivity index (χ0v) is 30.2. The van der Waals surface area contributed by atoms with E-state index in [2.05, 4.69) is 21.2 Å². The van der Waals surface area contributed by atoms with Gasteiger partial charge in [-0.3, -0.25) is 13.9 Å². The summed E-state index contributed by atoms with van der Waals surface area (Å²) in [6.07, 6.45) is -4.20. The van der Waals surface area contributed by atoms with Gasteiger partial charge in [0.25, 0.3) is 10.0 Å². The van der Waals surface area contributed by atoms with Crippen LogP contribution in [0, 0.1) is 6.92 Å². The van der Waals surface area contributed by atoms with Crippen LogP contribution >= 0.6 is 27.5 Å². The number of amides is 2. The molecule has 2 atom stereocenters. The number of alkyl halides is 3. The second-order valence-electron chi connectivity index (χ2n) is 11.7. The number of aryl methyl sites for hydroxylation is 1. The van der Waals surface area contributed by atoms with Crippen LogP contribution in [0.15, 0.2) is 106 Å². The fraction of sp³-hybridized carbons (Fsp3) is 0.278. The van der Waals surface area contributed by atoms with Crippen molar-refractivity contribution in [3.05, 3.63) is 129 Å². The number of hydrogen-bond acceptors (Lipinski definition) is 4. The van der Waals surface area contributed by atoms with Crippen molar-refractivity contribution in [1.29, 1.82) is 0 Å². The Morgan fingerprint density at radius 1 is 0.918 bits per heavy atom. The van der Waals surface area contributed by atoms with Crippen LogP contribution in [-0.4, -0.2) is 43.8 Å². The predicted octanol–water partition coefficient (Wildman–Crippen LogP) is 8.18. The largest absolute Gasteiger partial charge is 0.417 e. The van der Waals surface area contributed by atoms with E-state index in [-0.39, 0.29) is 23.9 Å². The van der Waals surface area contributed by atoms with E-state index in [0.29, 0.717) is 26.8 Å². The highest BCUT2D eigenvalue weighted by Gasteiger charge is 2.38. The van der Waals surface area contributed by atoms with Crippen LogP contribution in [0.3, 0.4) is 0 Å². The van der Waals surface area contributed by atoms with Gasteiger partial charge < -0.3 is 10.2 Å². The summed E-state index contributed by atoms with van der Waals surface area (Å²) in [5, 5.41) is 2.32. The van der Waals surface area contributed by atoms with Gasteiger partial charge in [-0.05, 0) is 73.9 Å². The predicted molar refractivity (Wildman–Crippen MR) is 189 cm³/mol. The zero-order valence-electron chi connectivity index (χ0n) is 27.0. The van der Waals surface area contributed by atoms with Gasteiger partial charge >= 0.3 is 6.18 Å². The Balaban J connectivity index is 1.87. The minimum atomic E-state index is -4.90. The van der Waals surface area contributed by atoms with Crippen molar-refractivity contribution in [1.82, 2.24) is 10.2 Å². The van der Waals surface area contributed by atoms with Gasteiger partial charge in [0.2, 0.25) is 11.8 Å². The van der Waals surface area contributed by atoms with Crippen LogP contribution in [0.4, 0.5) is 18.9 Å². The first kappa shape index (κ1) is 37.9. The Labute approximate surface area is 298 Å². The summed E-state index contributed by atoms with van der Waals surface area (Å²) in [5.74, 6) is -1.26. The van der Waals surface area contributed by atoms with Gasteiger partial charge in [0, 0.05) is 23.5 Å². The normalized spacial score (nSPS) is 13.0. The van der Waals surface area contributed by atoms with Crippen molar-refractivity contribution in [3.63, 3.8) is 0 Å². The molecule has 1 N–H and O–H groups in total. The molecule has 2 amide bonds. The minimum Gasteiger partial charge on any atom is -0.352 e. The third kappa shape index (κ3) is 9.86. The molecule has 0 saturated heterocycles. The van der Waals surface area contributed by atoms with Crippen LogP contribution in [0.5, 0.6) is 0 Å². The number of nitrogens with zero attached hydrogens (tertiary/aromatic N) is 2. The smallest absolute Gasteiger partial charge is 0.352 e. The zero-order chi connectivity index (χ0) is 35.9. The van der Waals surface area contributed by atoms with Crippen LogP contribution in [-0.2, 0) is 38.8 Å². The van der Waals surface area contributed by atoms with E-state index < -0.39 is 56.9 Å². The highest BCUT2D eigenvalue weighted by atomic mass is 79.9. The summed E-state index contributed by atoms with van der Waals surface area (Å²) in [4.78, 5) is 29.6. The third-order valence-electron chi connectivity index (χ3n) is 7.95. The number of anilines is 1. The van der Waals surface area contributed by atoms with Gasteiger partial charge in [-0.25, -0.2) is 8.42 Å². The molecular weight excluding hydrogens is 743 g/mol. The average Bonchev–Trinajstić information content (AvgIpc) is 3.05. The number of rotatable bonds is 13. The fourth-order valence-corrected chi connectivity index (χ4v) is 7.16. The van der Waals surface area contributed by atoms with E-state index in [1.807, 2.05) is 32.0 Å². The quantitative estimate of drug-likeness (QED) is 0.148. The Morgan fingerprint density at radius 3 is 2.18 bits per heavy atom. The molecule has 49 heavy (non-hydrogen) atoms. The summed E-state index contributed by atoms with van der Waals surface area (Å²) < 4.78 is 71.7. The molecule has 0 saturated carbocycles. The van der Waals surface area contributed by atoms with E-state index in [9.17, 15) is 31.2 Å². The number of carbonyl (C=O) groups excluding carboxylic acids is 2. The molecule has 0 aliphatic heterocycles. The van der Waals surface area contributed by atoms with Gasteiger partial charge in [0.05, 0.1) is 21.2 Å². The molecular formula is C36H36BrClF3N3O4S.